The van der Waals surface area contributed by atoms with E-state index in [1.807, 2.05) is 38.2 Å². The summed E-state index contributed by atoms with van der Waals surface area (Å²) in [6.07, 6.45) is 4.28. The van der Waals surface area contributed by atoms with E-state index < -0.39 is 0 Å². The molecule has 1 N–H and O–H groups in total. The van der Waals surface area contributed by atoms with Gasteiger partial charge in [-0.25, -0.2) is 9.78 Å². The highest BCUT2D eigenvalue weighted by Gasteiger charge is 2.28. The first-order valence-corrected chi connectivity index (χ1v) is 7.87. The second kappa shape index (κ2) is 6.77. The minimum atomic E-state index is -0.154. The average Bonchev–Trinajstić information content (AvgIpc) is 3.17. The lowest BCUT2D eigenvalue weighted by atomic mass is 10.3. The molecule has 24 heavy (non-hydrogen) atoms. The van der Waals surface area contributed by atoms with Crippen LogP contribution in [0.5, 0.6) is 5.75 Å². The minimum absolute atomic E-state index is 0.0395. The van der Waals surface area contributed by atoms with Crippen LogP contribution in [0.4, 0.5) is 16.4 Å². The molecule has 0 spiro atoms. The van der Waals surface area contributed by atoms with Crippen LogP contribution >= 0.6 is 0 Å². The molecule has 2 aromatic heterocycles. The molecule has 8 heteroatoms. The van der Waals surface area contributed by atoms with Crippen LogP contribution in [-0.4, -0.2) is 59.0 Å². The van der Waals surface area contributed by atoms with Crippen molar-refractivity contribution >= 4 is 17.7 Å². The number of amides is 2. The number of nitrogens with one attached hydrogen (secondary N) is 1. The second-order valence-electron chi connectivity index (χ2n) is 6.00. The number of aromatic nitrogens is 3. The number of ether oxygens (including phenoxy) is 1. The van der Waals surface area contributed by atoms with E-state index in [0.717, 1.165) is 18.0 Å². The molecule has 2 aromatic rings. The largest absolute Gasteiger partial charge is 0.485 e. The van der Waals surface area contributed by atoms with Gasteiger partial charge in [-0.2, -0.15) is 5.10 Å². The van der Waals surface area contributed by atoms with Crippen LogP contribution in [-0.2, 0) is 7.05 Å². The predicted molar refractivity (Wildman–Crippen MR) is 91.4 cm³/mol. The Balaban J connectivity index is 1.58. The molecule has 1 atom stereocenters. The molecular formula is C16H22N6O2. The number of urea groups is 1. The van der Waals surface area contributed by atoms with Gasteiger partial charge in [0.1, 0.15) is 6.10 Å². The molecule has 0 unspecified atom stereocenters. The van der Waals surface area contributed by atoms with E-state index in [4.69, 9.17) is 4.74 Å². The fourth-order valence-electron chi connectivity index (χ4n) is 2.67. The Labute approximate surface area is 141 Å². The van der Waals surface area contributed by atoms with Gasteiger partial charge >= 0.3 is 6.03 Å². The van der Waals surface area contributed by atoms with Gasteiger partial charge in [-0.15, -0.1) is 0 Å². The van der Waals surface area contributed by atoms with E-state index in [1.165, 1.54) is 0 Å². The van der Waals surface area contributed by atoms with Gasteiger partial charge < -0.3 is 14.5 Å². The van der Waals surface area contributed by atoms with Crippen LogP contribution < -0.4 is 15.0 Å². The molecule has 0 bridgehead atoms. The molecule has 0 saturated carbocycles. The zero-order valence-corrected chi connectivity index (χ0v) is 14.1. The topological polar surface area (TPSA) is 75.5 Å². The Morgan fingerprint density at radius 3 is 2.96 bits per heavy atom. The standard InChI is InChI=1S/C16H22N6O2/c1-20(2)15-13(5-4-8-17-15)24-12-6-10-22(11-12)16(23)18-14-7-9-21(3)19-14/h4-5,7-9,12H,6,10-11H2,1-3H3,(H,18,19,23)/t12-/m0/s1. The SMILES string of the molecule is CN(C)c1ncccc1O[C@H]1CCN(C(=O)Nc2ccn(C)n2)C1. The summed E-state index contributed by atoms with van der Waals surface area (Å²) in [4.78, 5) is 20.3. The third-order valence-corrected chi connectivity index (χ3v) is 3.85. The summed E-state index contributed by atoms with van der Waals surface area (Å²) in [5.41, 5.74) is 0. The number of rotatable bonds is 4. The summed E-state index contributed by atoms with van der Waals surface area (Å²) < 4.78 is 7.71. The van der Waals surface area contributed by atoms with Crippen molar-refractivity contribution in [2.45, 2.75) is 12.5 Å². The number of aryl methyl sites for hydroxylation is 1. The number of nitrogens with zero attached hydrogens (tertiary/aromatic N) is 5. The highest BCUT2D eigenvalue weighted by Crippen LogP contribution is 2.26. The van der Waals surface area contributed by atoms with Gasteiger partial charge in [0.25, 0.3) is 0 Å². The van der Waals surface area contributed by atoms with Gasteiger partial charge in [0.15, 0.2) is 17.4 Å². The molecule has 8 nitrogen and oxygen atoms in total. The molecule has 128 valence electrons. The molecule has 2 amide bonds. The number of carbonyl (C=O) groups excluding carboxylic acids is 1. The number of hydrogen-bond acceptors (Lipinski definition) is 5. The molecule has 1 saturated heterocycles. The Hall–Kier alpha value is -2.77. The summed E-state index contributed by atoms with van der Waals surface area (Å²) in [6, 6.07) is 5.36. The normalized spacial score (nSPS) is 17.0. The van der Waals surface area contributed by atoms with Crippen LogP contribution in [0.15, 0.2) is 30.6 Å². The number of carbonyl (C=O) groups is 1. The smallest absolute Gasteiger partial charge is 0.323 e. The van der Waals surface area contributed by atoms with Gasteiger partial charge in [-0.05, 0) is 12.1 Å². The van der Waals surface area contributed by atoms with Crippen LogP contribution in [0.3, 0.4) is 0 Å². The molecule has 0 aromatic carbocycles. The second-order valence-corrected chi connectivity index (χ2v) is 6.00. The van der Waals surface area contributed by atoms with Crippen molar-refractivity contribution in [2.75, 3.05) is 37.4 Å². The number of hydrogen-bond donors (Lipinski definition) is 1. The van der Waals surface area contributed by atoms with Crippen molar-refractivity contribution in [2.24, 2.45) is 7.05 Å². The molecule has 0 aliphatic carbocycles. The fourth-order valence-corrected chi connectivity index (χ4v) is 2.67. The highest BCUT2D eigenvalue weighted by atomic mass is 16.5. The van der Waals surface area contributed by atoms with Gasteiger partial charge in [-0.1, -0.05) is 0 Å². The summed E-state index contributed by atoms with van der Waals surface area (Å²) >= 11 is 0. The molecule has 1 aliphatic rings. The van der Waals surface area contributed by atoms with Gasteiger partial charge in [-0.3, -0.25) is 10.00 Å². The van der Waals surface area contributed by atoms with Crippen molar-refractivity contribution in [3.05, 3.63) is 30.6 Å². The summed E-state index contributed by atoms with van der Waals surface area (Å²) in [5.74, 6) is 2.07. The maximum atomic E-state index is 12.3. The maximum absolute atomic E-state index is 12.3. The van der Waals surface area contributed by atoms with Crippen LogP contribution in [0.25, 0.3) is 0 Å². The van der Waals surface area contributed by atoms with Crippen molar-refractivity contribution in [3.8, 4) is 5.75 Å². The first kappa shape index (κ1) is 16.1. The molecule has 1 aliphatic heterocycles. The minimum Gasteiger partial charge on any atom is -0.485 e. The van der Waals surface area contributed by atoms with Gasteiger partial charge in [0.2, 0.25) is 0 Å². The van der Waals surface area contributed by atoms with Crippen LogP contribution in [0.1, 0.15) is 6.42 Å². The highest BCUT2D eigenvalue weighted by molar-refractivity contribution is 5.88. The summed E-state index contributed by atoms with van der Waals surface area (Å²) in [7, 11) is 5.67. The molecule has 3 heterocycles. The Bertz CT molecular complexity index is 714. The maximum Gasteiger partial charge on any atom is 0.323 e. The zero-order chi connectivity index (χ0) is 17.1. The first-order valence-electron chi connectivity index (χ1n) is 7.87. The van der Waals surface area contributed by atoms with Crippen LogP contribution in [0, 0.1) is 0 Å². The fraction of sp³-hybridized carbons (Fsp3) is 0.438. The monoisotopic (exact) mass is 330 g/mol. The van der Waals surface area contributed by atoms with E-state index in [-0.39, 0.29) is 12.1 Å². The molecular weight excluding hydrogens is 308 g/mol. The van der Waals surface area contributed by atoms with E-state index >= 15 is 0 Å². The lowest BCUT2D eigenvalue weighted by Gasteiger charge is -2.20. The van der Waals surface area contributed by atoms with E-state index in [9.17, 15) is 4.79 Å². The third-order valence-electron chi connectivity index (χ3n) is 3.85. The number of likely N-dealkylation sites (tertiary alicyclic amines) is 1. The molecule has 3 rings (SSSR count). The van der Waals surface area contributed by atoms with Crippen LogP contribution in [0.2, 0.25) is 0 Å². The lowest BCUT2D eigenvalue weighted by molar-refractivity contribution is 0.195. The Morgan fingerprint density at radius 2 is 2.25 bits per heavy atom. The van der Waals surface area contributed by atoms with Gasteiger partial charge in [0, 0.05) is 52.6 Å². The third kappa shape index (κ3) is 3.58. The van der Waals surface area contributed by atoms with Crippen molar-refractivity contribution in [1.82, 2.24) is 19.7 Å². The predicted octanol–water partition coefficient (Wildman–Crippen LogP) is 1.57. The van der Waals surface area contributed by atoms with Gasteiger partial charge in [0.05, 0.1) is 6.54 Å². The Kier molecular flexibility index (Phi) is 4.54. The van der Waals surface area contributed by atoms with E-state index in [1.54, 1.807) is 28.0 Å². The summed E-state index contributed by atoms with van der Waals surface area (Å²) in [5, 5.41) is 6.95. The van der Waals surface area contributed by atoms with Crippen molar-refractivity contribution in [3.63, 3.8) is 0 Å². The quantitative estimate of drug-likeness (QED) is 0.921. The molecule has 0 radical (unpaired) electrons. The summed E-state index contributed by atoms with van der Waals surface area (Å²) in [6.45, 7) is 1.20. The van der Waals surface area contributed by atoms with Crippen molar-refractivity contribution in [1.29, 1.82) is 0 Å². The average molecular weight is 330 g/mol. The van der Waals surface area contributed by atoms with E-state index in [2.05, 4.69) is 15.4 Å². The zero-order valence-electron chi connectivity index (χ0n) is 14.1. The number of pyridine rings is 1. The molecule has 1 fully saturated rings. The van der Waals surface area contributed by atoms with E-state index in [0.29, 0.717) is 18.9 Å². The first-order chi connectivity index (χ1) is 11.5. The number of anilines is 2. The Morgan fingerprint density at radius 1 is 1.42 bits per heavy atom. The lowest BCUT2D eigenvalue weighted by Crippen LogP contribution is -2.34. The van der Waals surface area contributed by atoms with Crippen molar-refractivity contribution < 1.29 is 9.53 Å².